The number of benzene rings is 2. The number of carbonyl (C=O) groups excluding carboxylic acids is 2. The topological polar surface area (TPSA) is 55.4 Å². The van der Waals surface area contributed by atoms with E-state index in [1.54, 1.807) is 6.92 Å². The summed E-state index contributed by atoms with van der Waals surface area (Å²) in [5.41, 5.74) is 0.898. The van der Waals surface area contributed by atoms with Gasteiger partial charge in [-0.25, -0.2) is 0 Å². The Morgan fingerprint density at radius 1 is 1.12 bits per heavy atom. The maximum atomic E-state index is 12.3. The van der Waals surface area contributed by atoms with Gasteiger partial charge in [-0.05, 0) is 18.6 Å². The minimum atomic E-state index is -0.498. The number of fused-ring (bicyclic) bond motifs is 1. The fourth-order valence-corrected chi connectivity index (χ4v) is 3.86. The fraction of sp³-hybridized carbons (Fsp3) is 0.158. The first-order valence-electron chi connectivity index (χ1n) is 7.76. The van der Waals surface area contributed by atoms with E-state index < -0.39 is 5.97 Å². The molecule has 0 aliphatic rings. The van der Waals surface area contributed by atoms with Crippen LogP contribution in [0.15, 0.2) is 54.6 Å². The van der Waals surface area contributed by atoms with Gasteiger partial charge in [-0.15, -0.1) is 11.3 Å². The molecule has 0 radical (unpaired) electrons. The number of hydrogen-bond donors (Lipinski definition) is 1. The second-order valence-corrected chi connectivity index (χ2v) is 6.90. The predicted octanol–water partition coefficient (Wildman–Crippen LogP) is 4.59. The minimum absolute atomic E-state index is 0.208. The summed E-state index contributed by atoms with van der Waals surface area (Å²) in [6.07, 6.45) is -0.376. The van der Waals surface area contributed by atoms with E-state index in [0.717, 1.165) is 15.6 Å². The number of thiophene rings is 1. The average molecular weight is 374 g/mol. The van der Waals surface area contributed by atoms with Crippen molar-refractivity contribution in [2.75, 3.05) is 6.54 Å². The van der Waals surface area contributed by atoms with Crippen molar-refractivity contribution < 1.29 is 14.3 Å². The Labute approximate surface area is 154 Å². The number of amides is 1. The molecule has 1 atom stereocenters. The summed E-state index contributed by atoms with van der Waals surface area (Å²) >= 11 is 7.56. The van der Waals surface area contributed by atoms with Crippen LogP contribution in [0.3, 0.4) is 0 Å². The third kappa shape index (κ3) is 4.00. The lowest BCUT2D eigenvalue weighted by molar-refractivity contribution is -0.147. The van der Waals surface area contributed by atoms with E-state index in [9.17, 15) is 9.59 Å². The molecule has 25 heavy (non-hydrogen) atoms. The van der Waals surface area contributed by atoms with Gasteiger partial charge in [0.25, 0.3) is 5.91 Å². The molecule has 1 aromatic heterocycles. The zero-order valence-corrected chi connectivity index (χ0v) is 15.1. The molecule has 1 N–H and O–H groups in total. The van der Waals surface area contributed by atoms with Crippen molar-refractivity contribution in [3.05, 3.63) is 70.1 Å². The van der Waals surface area contributed by atoms with E-state index in [0.29, 0.717) is 9.90 Å². The van der Waals surface area contributed by atoms with Crippen LogP contribution < -0.4 is 5.32 Å². The summed E-state index contributed by atoms with van der Waals surface area (Å²) in [5, 5.41) is 3.81. The quantitative estimate of drug-likeness (QED) is 0.665. The van der Waals surface area contributed by atoms with Crippen molar-refractivity contribution in [2.24, 2.45) is 0 Å². The Hall–Kier alpha value is -2.37. The molecule has 0 spiro atoms. The molecule has 3 aromatic rings. The Balaban J connectivity index is 1.60. The maximum absolute atomic E-state index is 12.3. The summed E-state index contributed by atoms with van der Waals surface area (Å²) in [6.45, 7) is 1.58. The molecule has 128 valence electrons. The summed E-state index contributed by atoms with van der Waals surface area (Å²) in [6, 6.07) is 16.9. The number of halogens is 1. The second kappa shape index (κ2) is 7.68. The number of nitrogens with one attached hydrogen (secondary N) is 1. The Morgan fingerprint density at radius 3 is 2.52 bits per heavy atom. The van der Waals surface area contributed by atoms with E-state index >= 15 is 0 Å². The molecule has 4 nitrogen and oxygen atoms in total. The first-order chi connectivity index (χ1) is 12.1. The normalized spacial score (nSPS) is 11.9. The molecule has 0 bridgehead atoms. The molecule has 0 saturated carbocycles. The average Bonchev–Trinajstić information content (AvgIpc) is 2.97. The number of esters is 1. The fourth-order valence-electron chi connectivity index (χ4n) is 2.42. The van der Waals surface area contributed by atoms with Gasteiger partial charge in [0.05, 0.1) is 5.02 Å². The van der Waals surface area contributed by atoms with Crippen LogP contribution in [0.5, 0.6) is 0 Å². The third-order valence-electron chi connectivity index (χ3n) is 3.71. The van der Waals surface area contributed by atoms with Gasteiger partial charge >= 0.3 is 5.97 Å². The largest absolute Gasteiger partial charge is 0.456 e. The third-order valence-corrected chi connectivity index (χ3v) is 5.39. The molecule has 0 fully saturated rings. The summed E-state index contributed by atoms with van der Waals surface area (Å²) < 4.78 is 6.26. The lowest BCUT2D eigenvalue weighted by Gasteiger charge is -2.13. The van der Waals surface area contributed by atoms with Gasteiger partial charge in [0.2, 0.25) is 0 Å². The smallest absolute Gasteiger partial charge is 0.326 e. The molecular weight excluding hydrogens is 358 g/mol. The van der Waals surface area contributed by atoms with Crippen LogP contribution in [0, 0.1) is 0 Å². The van der Waals surface area contributed by atoms with Gasteiger partial charge in [-0.3, -0.25) is 9.59 Å². The Bertz CT molecular complexity index is 907. The van der Waals surface area contributed by atoms with Crippen LogP contribution >= 0.6 is 22.9 Å². The molecule has 1 heterocycles. The maximum Gasteiger partial charge on any atom is 0.326 e. The van der Waals surface area contributed by atoms with Crippen molar-refractivity contribution in [1.82, 2.24) is 5.32 Å². The number of ether oxygens (including phenoxy) is 1. The minimum Gasteiger partial charge on any atom is -0.456 e. The predicted molar refractivity (Wildman–Crippen MR) is 100 cm³/mol. The van der Waals surface area contributed by atoms with Gasteiger partial charge in [-0.2, -0.15) is 0 Å². The Kier molecular flexibility index (Phi) is 5.36. The van der Waals surface area contributed by atoms with Crippen LogP contribution in [0.25, 0.3) is 10.1 Å². The summed E-state index contributed by atoms with van der Waals surface area (Å²) in [4.78, 5) is 24.7. The van der Waals surface area contributed by atoms with Crippen molar-refractivity contribution in [3.8, 4) is 0 Å². The zero-order chi connectivity index (χ0) is 17.8. The Morgan fingerprint density at radius 2 is 1.80 bits per heavy atom. The number of rotatable bonds is 5. The van der Waals surface area contributed by atoms with Crippen LogP contribution in [-0.2, 0) is 9.53 Å². The van der Waals surface area contributed by atoms with E-state index in [2.05, 4.69) is 5.32 Å². The highest BCUT2D eigenvalue weighted by molar-refractivity contribution is 7.21. The van der Waals surface area contributed by atoms with Gasteiger partial charge in [0.1, 0.15) is 17.5 Å². The molecule has 1 amide bonds. The van der Waals surface area contributed by atoms with Crippen LogP contribution in [0.2, 0.25) is 5.02 Å². The molecule has 0 saturated heterocycles. The van der Waals surface area contributed by atoms with Crippen molar-refractivity contribution in [1.29, 1.82) is 0 Å². The number of carbonyl (C=O) groups is 2. The van der Waals surface area contributed by atoms with E-state index in [1.165, 1.54) is 11.3 Å². The van der Waals surface area contributed by atoms with Crippen molar-refractivity contribution in [2.45, 2.75) is 13.0 Å². The summed E-state index contributed by atoms with van der Waals surface area (Å²) in [5.74, 6) is -0.877. The van der Waals surface area contributed by atoms with Crippen molar-refractivity contribution in [3.63, 3.8) is 0 Å². The number of hydrogen-bond acceptors (Lipinski definition) is 4. The molecule has 0 aliphatic carbocycles. The van der Waals surface area contributed by atoms with E-state index in [4.69, 9.17) is 16.3 Å². The van der Waals surface area contributed by atoms with Gasteiger partial charge in [0.15, 0.2) is 0 Å². The van der Waals surface area contributed by atoms with E-state index in [-0.39, 0.29) is 18.6 Å². The SMILES string of the molecule is C[C@H](OC(=O)CNC(=O)c1sc2ccccc2c1Cl)c1ccccc1. The first-order valence-corrected chi connectivity index (χ1v) is 8.95. The van der Waals surface area contributed by atoms with Gasteiger partial charge in [0, 0.05) is 10.1 Å². The lowest BCUT2D eigenvalue weighted by Crippen LogP contribution is -2.30. The van der Waals surface area contributed by atoms with Crippen molar-refractivity contribution >= 4 is 44.9 Å². The van der Waals surface area contributed by atoms with Gasteiger partial charge < -0.3 is 10.1 Å². The second-order valence-electron chi connectivity index (χ2n) is 5.47. The highest BCUT2D eigenvalue weighted by Gasteiger charge is 2.18. The molecule has 3 rings (SSSR count). The highest BCUT2D eigenvalue weighted by atomic mass is 35.5. The van der Waals surface area contributed by atoms with Crippen LogP contribution in [0.4, 0.5) is 0 Å². The lowest BCUT2D eigenvalue weighted by atomic mass is 10.1. The van der Waals surface area contributed by atoms with E-state index in [1.807, 2.05) is 54.6 Å². The molecule has 0 aliphatic heterocycles. The molecule has 6 heteroatoms. The zero-order valence-electron chi connectivity index (χ0n) is 13.5. The highest BCUT2D eigenvalue weighted by Crippen LogP contribution is 2.34. The molecular formula is C19H16ClNO3S. The van der Waals surface area contributed by atoms with Crippen LogP contribution in [-0.4, -0.2) is 18.4 Å². The standard InChI is InChI=1S/C19H16ClNO3S/c1-12(13-7-3-2-4-8-13)24-16(22)11-21-19(23)18-17(20)14-9-5-6-10-15(14)25-18/h2-10,12H,11H2,1H3,(H,21,23)/t12-/m0/s1. The van der Waals surface area contributed by atoms with Crippen LogP contribution in [0.1, 0.15) is 28.3 Å². The van der Waals surface area contributed by atoms with Gasteiger partial charge in [-0.1, -0.05) is 60.1 Å². The first kappa shape index (κ1) is 17.5. The summed E-state index contributed by atoms with van der Waals surface area (Å²) in [7, 11) is 0. The molecule has 2 aromatic carbocycles. The molecule has 0 unspecified atom stereocenters. The monoisotopic (exact) mass is 373 g/mol.